The van der Waals surface area contributed by atoms with Gasteiger partial charge >= 0.3 is 5.97 Å². The van der Waals surface area contributed by atoms with E-state index in [-0.39, 0.29) is 23.7 Å². The fourth-order valence-electron chi connectivity index (χ4n) is 1.36. The third kappa shape index (κ3) is 5.96. The van der Waals surface area contributed by atoms with Crippen molar-refractivity contribution < 1.29 is 14.7 Å². The van der Waals surface area contributed by atoms with Crippen molar-refractivity contribution in [2.45, 2.75) is 32.9 Å². The van der Waals surface area contributed by atoms with Crippen LogP contribution in [0.5, 0.6) is 0 Å². The van der Waals surface area contributed by atoms with Crippen molar-refractivity contribution in [3.63, 3.8) is 0 Å². The molecule has 1 heterocycles. The second kappa shape index (κ2) is 6.28. The van der Waals surface area contributed by atoms with Crippen LogP contribution in [0.1, 0.15) is 31.3 Å². The van der Waals surface area contributed by atoms with Crippen LogP contribution in [-0.2, 0) is 11.3 Å². The Kier molecular flexibility index (Phi) is 4.99. The second-order valence-electron chi connectivity index (χ2n) is 5.15. The first-order valence-electron chi connectivity index (χ1n) is 5.93. The van der Waals surface area contributed by atoms with Crippen LogP contribution in [0.2, 0.25) is 0 Å². The Hall–Kier alpha value is -1.96. The quantitative estimate of drug-likeness (QED) is 0.600. The lowest BCUT2D eigenvalue weighted by atomic mass is 10.1. The lowest BCUT2D eigenvalue weighted by Crippen LogP contribution is -2.45. The Labute approximate surface area is 111 Å². The summed E-state index contributed by atoms with van der Waals surface area (Å²) in [5.41, 5.74) is -0.341. The van der Waals surface area contributed by atoms with Gasteiger partial charge in [0.2, 0.25) is 5.91 Å². The summed E-state index contributed by atoms with van der Waals surface area (Å²) in [5, 5.41) is 21.6. The molecule has 0 fully saturated rings. The predicted molar refractivity (Wildman–Crippen MR) is 67.7 cm³/mol. The molecule has 3 N–H and O–H groups in total. The number of amides is 1. The summed E-state index contributed by atoms with van der Waals surface area (Å²) in [6.45, 7) is 6.88. The summed E-state index contributed by atoms with van der Waals surface area (Å²) in [7, 11) is 0. The number of carbonyl (C=O) groups is 2. The van der Waals surface area contributed by atoms with Crippen molar-refractivity contribution in [3.8, 4) is 0 Å². The van der Waals surface area contributed by atoms with Crippen molar-refractivity contribution in [3.05, 3.63) is 11.9 Å². The van der Waals surface area contributed by atoms with E-state index in [0.717, 1.165) is 0 Å². The van der Waals surface area contributed by atoms with Gasteiger partial charge in [-0.05, 0) is 20.8 Å². The molecule has 0 radical (unpaired) electrons. The Morgan fingerprint density at radius 2 is 2.11 bits per heavy atom. The van der Waals surface area contributed by atoms with Crippen LogP contribution in [0.15, 0.2) is 6.20 Å². The number of hydrogen-bond donors (Lipinski definition) is 3. The molecular formula is C11H19N5O3. The highest BCUT2D eigenvalue weighted by molar-refractivity contribution is 5.84. The van der Waals surface area contributed by atoms with Crippen LogP contribution in [-0.4, -0.2) is 50.6 Å². The number of rotatable bonds is 6. The number of carboxylic acid groups (broad SMARTS) is 1. The molecule has 0 spiro atoms. The van der Waals surface area contributed by atoms with Crippen molar-refractivity contribution in [2.24, 2.45) is 0 Å². The van der Waals surface area contributed by atoms with Crippen LogP contribution < -0.4 is 10.6 Å². The standard InChI is InChI=1S/C11H19N5O3/c1-11(2,3)13-9(17)6-12-4-5-16-7-8(10(18)19)14-15-16/h7,12H,4-6H2,1-3H3,(H,13,17)(H,18,19). The first-order chi connectivity index (χ1) is 8.78. The lowest BCUT2D eigenvalue weighted by molar-refractivity contribution is -0.121. The van der Waals surface area contributed by atoms with Crippen molar-refractivity contribution in [1.29, 1.82) is 0 Å². The number of nitrogens with one attached hydrogen (secondary N) is 2. The minimum absolute atomic E-state index is 0.0858. The van der Waals surface area contributed by atoms with E-state index in [2.05, 4.69) is 20.9 Å². The van der Waals surface area contributed by atoms with Gasteiger partial charge in [-0.25, -0.2) is 4.79 Å². The van der Waals surface area contributed by atoms with Crippen LogP contribution in [0.3, 0.4) is 0 Å². The van der Waals surface area contributed by atoms with Crippen LogP contribution in [0.4, 0.5) is 0 Å². The number of carboxylic acids is 1. The fraction of sp³-hybridized carbons (Fsp3) is 0.636. The third-order valence-corrected chi connectivity index (χ3v) is 2.08. The monoisotopic (exact) mass is 269 g/mol. The Bertz CT molecular complexity index is 449. The van der Waals surface area contributed by atoms with Gasteiger partial charge in [0.15, 0.2) is 5.69 Å². The van der Waals surface area contributed by atoms with Crippen molar-refractivity contribution >= 4 is 11.9 Å². The maximum absolute atomic E-state index is 11.5. The maximum atomic E-state index is 11.5. The molecule has 106 valence electrons. The van der Waals surface area contributed by atoms with Gasteiger partial charge in [-0.1, -0.05) is 5.21 Å². The van der Waals surface area contributed by atoms with Crippen LogP contribution in [0, 0.1) is 0 Å². The largest absolute Gasteiger partial charge is 0.476 e. The predicted octanol–water partition coefficient (Wildman–Crippen LogP) is -0.519. The fourth-order valence-corrected chi connectivity index (χ4v) is 1.36. The van der Waals surface area contributed by atoms with Crippen LogP contribution in [0.25, 0.3) is 0 Å². The van der Waals surface area contributed by atoms with Gasteiger partial charge in [-0.3, -0.25) is 9.48 Å². The molecule has 0 atom stereocenters. The zero-order valence-corrected chi connectivity index (χ0v) is 11.3. The molecule has 1 aromatic heterocycles. The Balaban J connectivity index is 2.23. The van der Waals surface area contributed by atoms with Crippen molar-refractivity contribution in [2.75, 3.05) is 13.1 Å². The topological polar surface area (TPSA) is 109 Å². The lowest BCUT2D eigenvalue weighted by Gasteiger charge is -2.20. The molecule has 0 aliphatic rings. The van der Waals surface area contributed by atoms with Crippen LogP contribution >= 0.6 is 0 Å². The van der Waals surface area contributed by atoms with E-state index >= 15 is 0 Å². The number of aromatic nitrogens is 3. The molecule has 0 unspecified atom stereocenters. The first kappa shape index (κ1) is 15.1. The van der Waals surface area contributed by atoms with Gasteiger partial charge in [-0.15, -0.1) is 5.10 Å². The molecule has 1 rings (SSSR count). The van der Waals surface area contributed by atoms with Gasteiger partial charge in [0.1, 0.15) is 0 Å². The molecule has 0 bridgehead atoms. The summed E-state index contributed by atoms with van der Waals surface area (Å²) in [5.74, 6) is -1.19. The number of carbonyl (C=O) groups excluding carboxylic acids is 1. The Morgan fingerprint density at radius 3 is 2.63 bits per heavy atom. The summed E-state index contributed by atoms with van der Waals surface area (Å²) < 4.78 is 1.41. The SMILES string of the molecule is CC(C)(C)NC(=O)CNCCn1cc(C(=O)O)nn1. The number of nitrogens with zero attached hydrogens (tertiary/aromatic N) is 3. The van der Waals surface area contributed by atoms with E-state index < -0.39 is 5.97 Å². The molecule has 0 aromatic carbocycles. The first-order valence-corrected chi connectivity index (χ1v) is 5.93. The van der Waals surface area contributed by atoms with E-state index in [0.29, 0.717) is 13.1 Å². The minimum atomic E-state index is -1.11. The average Bonchev–Trinajstić information content (AvgIpc) is 2.70. The Morgan fingerprint density at radius 1 is 1.42 bits per heavy atom. The third-order valence-electron chi connectivity index (χ3n) is 2.08. The minimum Gasteiger partial charge on any atom is -0.476 e. The molecule has 8 nitrogen and oxygen atoms in total. The molecule has 1 amide bonds. The number of hydrogen-bond acceptors (Lipinski definition) is 5. The zero-order chi connectivity index (χ0) is 14.5. The molecule has 0 saturated carbocycles. The molecule has 0 aliphatic carbocycles. The van der Waals surface area contributed by atoms with Gasteiger partial charge < -0.3 is 15.7 Å². The van der Waals surface area contributed by atoms with E-state index in [9.17, 15) is 9.59 Å². The highest BCUT2D eigenvalue weighted by Gasteiger charge is 2.13. The zero-order valence-electron chi connectivity index (χ0n) is 11.3. The van der Waals surface area contributed by atoms with Gasteiger partial charge in [0, 0.05) is 12.1 Å². The summed E-state index contributed by atoms with van der Waals surface area (Å²) in [6.07, 6.45) is 1.35. The second-order valence-corrected chi connectivity index (χ2v) is 5.15. The van der Waals surface area contributed by atoms with Gasteiger partial charge in [0.25, 0.3) is 0 Å². The smallest absolute Gasteiger partial charge is 0.358 e. The number of aromatic carboxylic acids is 1. The van der Waals surface area contributed by atoms with E-state index in [1.165, 1.54) is 10.9 Å². The summed E-state index contributed by atoms with van der Waals surface area (Å²) in [6, 6.07) is 0. The average molecular weight is 269 g/mol. The normalized spacial score (nSPS) is 11.3. The molecule has 1 aromatic rings. The summed E-state index contributed by atoms with van der Waals surface area (Å²) in [4.78, 5) is 22.1. The maximum Gasteiger partial charge on any atom is 0.358 e. The highest BCUT2D eigenvalue weighted by atomic mass is 16.4. The van der Waals surface area contributed by atoms with E-state index in [1.54, 1.807) is 0 Å². The van der Waals surface area contributed by atoms with E-state index in [1.807, 2.05) is 20.8 Å². The van der Waals surface area contributed by atoms with E-state index in [4.69, 9.17) is 5.11 Å². The molecule has 19 heavy (non-hydrogen) atoms. The summed E-state index contributed by atoms with van der Waals surface area (Å²) >= 11 is 0. The molecule has 0 aliphatic heterocycles. The van der Waals surface area contributed by atoms with Crippen molar-refractivity contribution in [1.82, 2.24) is 25.6 Å². The highest BCUT2D eigenvalue weighted by Crippen LogP contribution is 1.97. The molecule has 8 heteroatoms. The molecular weight excluding hydrogens is 250 g/mol. The van der Waals surface area contributed by atoms with Gasteiger partial charge in [0.05, 0.1) is 19.3 Å². The van der Waals surface area contributed by atoms with Gasteiger partial charge in [-0.2, -0.15) is 0 Å². The molecule has 0 saturated heterocycles.